The number of carbonyl (C=O) groups excluding carboxylic acids is 1. The summed E-state index contributed by atoms with van der Waals surface area (Å²) >= 11 is 0. The minimum atomic E-state index is -4.73. The molecule has 2 aromatic heterocycles. The van der Waals surface area contributed by atoms with Crippen LogP contribution in [0.3, 0.4) is 0 Å². The van der Waals surface area contributed by atoms with Crippen LogP contribution in [-0.2, 0) is 6.18 Å². The van der Waals surface area contributed by atoms with Crippen molar-refractivity contribution in [2.45, 2.75) is 6.18 Å². The van der Waals surface area contributed by atoms with Crippen molar-refractivity contribution in [3.63, 3.8) is 0 Å². The molecule has 0 radical (unpaired) electrons. The predicted octanol–water partition coefficient (Wildman–Crippen LogP) is 4.08. The van der Waals surface area contributed by atoms with Crippen molar-refractivity contribution >= 4 is 11.7 Å². The third-order valence-electron chi connectivity index (χ3n) is 3.58. The molecule has 150 valence electrons. The minimum absolute atomic E-state index is 0.0335. The van der Waals surface area contributed by atoms with E-state index in [4.69, 9.17) is 9.47 Å². The lowest BCUT2D eigenvalue weighted by atomic mass is 10.1. The van der Waals surface area contributed by atoms with Crippen LogP contribution in [0.25, 0.3) is 0 Å². The van der Waals surface area contributed by atoms with Crippen molar-refractivity contribution in [1.29, 1.82) is 0 Å². The van der Waals surface area contributed by atoms with E-state index in [0.29, 0.717) is 12.3 Å². The van der Waals surface area contributed by atoms with E-state index < -0.39 is 34.9 Å². The summed E-state index contributed by atoms with van der Waals surface area (Å²) in [6.07, 6.45) is -1.72. The zero-order chi connectivity index (χ0) is 21.0. The topological polar surface area (TPSA) is 86.2 Å². The molecule has 0 unspecified atom stereocenters. The minimum Gasteiger partial charge on any atom is -0.493 e. The number of aromatic nitrogens is 3. The molecule has 0 fully saturated rings. The Kier molecular flexibility index (Phi) is 5.57. The van der Waals surface area contributed by atoms with Gasteiger partial charge in [-0.3, -0.25) is 4.79 Å². The molecule has 11 heteroatoms. The van der Waals surface area contributed by atoms with Gasteiger partial charge in [0.05, 0.1) is 12.7 Å². The molecule has 0 bridgehead atoms. The molecule has 0 spiro atoms. The largest absolute Gasteiger partial charge is 0.493 e. The van der Waals surface area contributed by atoms with Crippen LogP contribution in [0.15, 0.2) is 49.1 Å². The molecule has 29 heavy (non-hydrogen) atoms. The fourth-order valence-corrected chi connectivity index (χ4v) is 2.23. The van der Waals surface area contributed by atoms with Gasteiger partial charge in [0.1, 0.15) is 23.5 Å². The summed E-state index contributed by atoms with van der Waals surface area (Å²) in [6, 6.07) is 5.21. The molecule has 3 rings (SSSR count). The van der Waals surface area contributed by atoms with Crippen LogP contribution in [-0.4, -0.2) is 28.0 Å². The van der Waals surface area contributed by atoms with Gasteiger partial charge in [-0.1, -0.05) is 0 Å². The second kappa shape index (κ2) is 8.09. The summed E-state index contributed by atoms with van der Waals surface area (Å²) in [5.74, 6) is -2.01. The first-order chi connectivity index (χ1) is 13.8. The Hall–Kier alpha value is -3.76. The lowest BCUT2D eigenvalue weighted by Crippen LogP contribution is -2.17. The lowest BCUT2D eigenvalue weighted by molar-refractivity contribution is -0.137. The van der Waals surface area contributed by atoms with Gasteiger partial charge in [0, 0.05) is 18.5 Å². The summed E-state index contributed by atoms with van der Waals surface area (Å²) in [5, 5.41) is 2.33. The Labute approximate surface area is 161 Å². The molecule has 0 saturated carbocycles. The number of alkyl halides is 3. The fourth-order valence-electron chi connectivity index (χ4n) is 2.23. The average Bonchev–Trinajstić information content (AvgIpc) is 2.69. The van der Waals surface area contributed by atoms with Crippen LogP contribution in [0.5, 0.6) is 17.4 Å². The maximum Gasteiger partial charge on any atom is 0.417 e. The van der Waals surface area contributed by atoms with Crippen LogP contribution in [0.1, 0.15) is 15.9 Å². The predicted molar refractivity (Wildman–Crippen MR) is 92.3 cm³/mol. The maximum atomic E-state index is 13.4. The zero-order valence-corrected chi connectivity index (χ0v) is 14.7. The molecule has 0 saturated heterocycles. The first-order valence-corrected chi connectivity index (χ1v) is 7.94. The number of ether oxygens (including phenoxy) is 2. The fraction of sp³-hybridized carbons (Fsp3) is 0.111. The van der Waals surface area contributed by atoms with Gasteiger partial charge < -0.3 is 14.8 Å². The van der Waals surface area contributed by atoms with E-state index in [1.807, 2.05) is 0 Å². The third kappa shape index (κ3) is 4.75. The number of nitrogens with one attached hydrogen (secondary N) is 1. The number of hydrogen-bond donors (Lipinski definition) is 1. The van der Waals surface area contributed by atoms with Crippen LogP contribution < -0.4 is 14.8 Å². The number of rotatable bonds is 5. The number of halogens is 4. The number of benzene rings is 1. The highest BCUT2D eigenvalue weighted by Gasteiger charge is 2.33. The van der Waals surface area contributed by atoms with Crippen LogP contribution in [0, 0.1) is 5.82 Å². The van der Waals surface area contributed by atoms with Gasteiger partial charge in [-0.2, -0.15) is 13.2 Å². The van der Waals surface area contributed by atoms with Gasteiger partial charge in [0.25, 0.3) is 5.91 Å². The normalized spacial score (nSPS) is 11.1. The Bertz CT molecular complexity index is 1030. The molecular weight excluding hydrogens is 396 g/mol. The van der Waals surface area contributed by atoms with Crippen molar-refractivity contribution in [3.05, 3.63) is 66.0 Å². The molecule has 0 atom stereocenters. The molecule has 1 amide bonds. The van der Waals surface area contributed by atoms with Crippen molar-refractivity contribution < 1.29 is 31.8 Å². The van der Waals surface area contributed by atoms with Crippen molar-refractivity contribution in [1.82, 2.24) is 15.0 Å². The van der Waals surface area contributed by atoms with Gasteiger partial charge in [-0.05, 0) is 24.3 Å². The second-order valence-corrected chi connectivity index (χ2v) is 5.52. The number of nitrogens with zero attached hydrogens (tertiary/aromatic N) is 3. The number of anilines is 1. The standard InChI is InChI=1S/C18H12F4N4O3/c1-28-14-7-11(19)2-3-13(14)29-17-12(6-10(8-24-17)18(20,21)22)16(27)26-15-4-5-23-9-25-15/h2-9H,1H3,(H,23,25,26,27). The highest BCUT2D eigenvalue weighted by molar-refractivity contribution is 6.05. The first-order valence-electron chi connectivity index (χ1n) is 7.94. The zero-order valence-electron chi connectivity index (χ0n) is 14.7. The molecule has 7 nitrogen and oxygen atoms in total. The summed E-state index contributed by atoms with van der Waals surface area (Å²) < 4.78 is 63.0. The van der Waals surface area contributed by atoms with E-state index in [-0.39, 0.29) is 17.3 Å². The summed E-state index contributed by atoms with van der Waals surface area (Å²) in [7, 11) is 1.25. The maximum absolute atomic E-state index is 13.4. The number of methoxy groups -OCH3 is 1. The molecule has 2 heterocycles. The number of pyridine rings is 1. The molecule has 1 N–H and O–H groups in total. The highest BCUT2D eigenvalue weighted by atomic mass is 19.4. The Morgan fingerprint density at radius 2 is 1.90 bits per heavy atom. The Morgan fingerprint density at radius 3 is 2.55 bits per heavy atom. The Morgan fingerprint density at radius 1 is 1.10 bits per heavy atom. The van der Waals surface area contributed by atoms with E-state index in [1.54, 1.807) is 0 Å². The summed E-state index contributed by atoms with van der Waals surface area (Å²) in [5.41, 5.74) is -1.66. The van der Waals surface area contributed by atoms with Crippen molar-refractivity contribution in [2.24, 2.45) is 0 Å². The molecule has 3 aromatic rings. The molecule has 0 aliphatic heterocycles. The van der Waals surface area contributed by atoms with Crippen LogP contribution >= 0.6 is 0 Å². The highest BCUT2D eigenvalue weighted by Crippen LogP contribution is 2.35. The first kappa shape index (κ1) is 20.0. The average molecular weight is 408 g/mol. The van der Waals surface area contributed by atoms with E-state index in [0.717, 1.165) is 18.5 Å². The van der Waals surface area contributed by atoms with Crippen molar-refractivity contribution in [2.75, 3.05) is 12.4 Å². The van der Waals surface area contributed by atoms with E-state index >= 15 is 0 Å². The van der Waals surface area contributed by atoms with Gasteiger partial charge in [0.2, 0.25) is 5.88 Å². The molecule has 1 aromatic carbocycles. The van der Waals surface area contributed by atoms with Crippen LogP contribution in [0.2, 0.25) is 0 Å². The lowest BCUT2D eigenvalue weighted by Gasteiger charge is -2.14. The van der Waals surface area contributed by atoms with Gasteiger partial charge >= 0.3 is 6.18 Å². The smallest absolute Gasteiger partial charge is 0.417 e. The second-order valence-electron chi connectivity index (χ2n) is 5.52. The molecule has 0 aliphatic rings. The molecular formula is C18H12F4N4O3. The number of hydrogen-bond acceptors (Lipinski definition) is 6. The Balaban J connectivity index is 2.01. The number of carbonyl (C=O) groups is 1. The SMILES string of the molecule is COc1cc(F)ccc1Oc1ncc(C(F)(F)F)cc1C(=O)Nc1ccncn1. The number of amides is 1. The third-order valence-corrected chi connectivity index (χ3v) is 3.58. The van der Waals surface area contributed by atoms with Crippen LogP contribution in [0.4, 0.5) is 23.4 Å². The van der Waals surface area contributed by atoms with E-state index in [1.165, 1.54) is 25.4 Å². The van der Waals surface area contributed by atoms with Gasteiger partial charge in [-0.25, -0.2) is 19.3 Å². The van der Waals surface area contributed by atoms with Gasteiger partial charge in [0.15, 0.2) is 11.5 Å². The van der Waals surface area contributed by atoms with Gasteiger partial charge in [-0.15, -0.1) is 0 Å². The quantitative estimate of drug-likeness (QED) is 0.641. The summed E-state index contributed by atoms with van der Waals surface area (Å²) in [4.78, 5) is 23.6. The van der Waals surface area contributed by atoms with E-state index in [9.17, 15) is 22.4 Å². The van der Waals surface area contributed by atoms with E-state index in [2.05, 4.69) is 20.3 Å². The van der Waals surface area contributed by atoms with Crippen molar-refractivity contribution in [3.8, 4) is 17.4 Å². The monoisotopic (exact) mass is 408 g/mol. The summed E-state index contributed by atoms with van der Waals surface area (Å²) in [6.45, 7) is 0. The molecule has 0 aliphatic carbocycles.